The van der Waals surface area contributed by atoms with Crippen molar-refractivity contribution in [2.45, 2.75) is 91.9 Å². The molecule has 0 amide bonds. The summed E-state index contributed by atoms with van der Waals surface area (Å²) in [4.78, 5) is 0. The molecule has 0 fully saturated rings. The Balaban J connectivity index is 3.41. The van der Waals surface area contributed by atoms with Gasteiger partial charge >= 0.3 is 0 Å². The molecule has 0 rings (SSSR count). The first-order chi connectivity index (χ1) is 9.33. The molecule has 0 aromatic rings. The standard InChI is InChI=1S/C18H40N2/c1-17(2,14-11-15-19)12-9-7-5-6-8-10-13-18(3,4)16-20/h5-16,19-20H2,1-4H3. The average molecular weight is 285 g/mol. The Hall–Kier alpha value is -0.0800. The van der Waals surface area contributed by atoms with Crippen molar-refractivity contribution >= 4 is 0 Å². The monoisotopic (exact) mass is 284 g/mol. The van der Waals surface area contributed by atoms with Gasteiger partial charge in [-0.2, -0.15) is 0 Å². The largest absolute Gasteiger partial charge is 0.330 e. The first-order valence-electron chi connectivity index (χ1n) is 8.73. The summed E-state index contributed by atoms with van der Waals surface area (Å²) in [6.45, 7) is 11.0. The first-order valence-corrected chi connectivity index (χ1v) is 8.73. The molecular formula is C18H40N2. The molecule has 0 aliphatic rings. The second-order valence-electron chi connectivity index (χ2n) is 8.05. The highest BCUT2D eigenvalue weighted by Crippen LogP contribution is 2.29. The van der Waals surface area contributed by atoms with Gasteiger partial charge in [-0.3, -0.25) is 0 Å². The Morgan fingerprint density at radius 3 is 1.40 bits per heavy atom. The van der Waals surface area contributed by atoms with Crippen LogP contribution in [0.5, 0.6) is 0 Å². The van der Waals surface area contributed by atoms with Crippen molar-refractivity contribution in [1.82, 2.24) is 0 Å². The fraction of sp³-hybridized carbons (Fsp3) is 1.00. The lowest BCUT2D eigenvalue weighted by Crippen LogP contribution is -2.23. The number of hydrogen-bond donors (Lipinski definition) is 2. The first kappa shape index (κ1) is 19.9. The van der Waals surface area contributed by atoms with Gasteiger partial charge in [0.15, 0.2) is 0 Å². The zero-order valence-corrected chi connectivity index (χ0v) is 14.6. The Labute approximate surface area is 128 Å². The van der Waals surface area contributed by atoms with Gasteiger partial charge in [0.25, 0.3) is 0 Å². The molecule has 0 saturated carbocycles. The topological polar surface area (TPSA) is 52.0 Å². The summed E-state index contributed by atoms with van der Waals surface area (Å²) in [6.07, 6.45) is 13.4. The fourth-order valence-corrected chi connectivity index (χ4v) is 2.72. The van der Waals surface area contributed by atoms with Gasteiger partial charge in [0, 0.05) is 0 Å². The Morgan fingerprint density at radius 2 is 0.950 bits per heavy atom. The van der Waals surface area contributed by atoms with E-state index in [-0.39, 0.29) is 0 Å². The summed E-state index contributed by atoms with van der Waals surface area (Å²) in [7, 11) is 0. The van der Waals surface area contributed by atoms with Crippen LogP contribution < -0.4 is 11.5 Å². The smallest absolute Gasteiger partial charge is 0.00258 e. The van der Waals surface area contributed by atoms with Gasteiger partial charge in [0.05, 0.1) is 0 Å². The van der Waals surface area contributed by atoms with Gasteiger partial charge in [-0.25, -0.2) is 0 Å². The van der Waals surface area contributed by atoms with Crippen LogP contribution in [0.3, 0.4) is 0 Å². The van der Waals surface area contributed by atoms with E-state index in [2.05, 4.69) is 27.7 Å². The average Bonchev–Trinajstić information content (AvgIpc) is 2.39. The molecule has 4 N–H and O–H groups in total. The van der Waals surface area contributed by atoms with Crippen LogP contribution in [0.2, 0.25) is 0 Å². The van der Waals surface area contributed by atoms with Gasteiger partial charge in [0.2, 0.25) is 0 Å². The maximum Gasteiger partial charge on any atom is -0.00258 e. The van der Waals surface area contributed by atoms with Crippen LogP contribution in [-0.4, -0.2) is 13.1 Å². The molecule has 0 bridgehead atoms. The van der Waals surface area contributed by atoms with Crippen LogP contribution in [0.25, 0.3) is 0 Å². The summed E-state index contributed by atoms with van der Waals surface area (Å²) < 4.78 is 0. The molecule has 2 nitrogen and oxygen atoms in total. The summed E-state index contributed by atoms with van der Waals surface area (Å²) in [5, 5.41) is 0. The van der Waals surface area contributed by atoms with E-state index in [9.17, 15) is 0 Å². The van der Waals surface area contributed by atoms with Crippen molar-refractivity contribution in [2.75, 3.05) is 13.1 Å². The second kappa shape index (κ2) is 10.6. The Kier molecular flexibility index (Phi) is 10.6. The molecule has 0 aliphatic carbocycles. The van der Waals surface area contributed by atoms with E-state index in [1.54, 1.807) is 0 Å². The highest BCUT2D eigenvalue weighted by Gasteiger charge is 2.16. The zero-order valence-electron chi connectivity index (χ0n) is 14.6. The third-order valence-electron chi connectivity index (χ3n) is 4.57. The van der Waals surface area contributed by atoms with Crippen molar-refractivity contribution in [3.63, 3.8) is 0 Å². The highest BCUT2D eigenvalue weighted by molar-refractivity contribution is 4.70. The second-order valence-corrected chi connectivity index (χ2v) is 8.05. The minimum absolute atomic E-state index is 0.340. The van der Waals surface area contributed by atoms with Crippen molar-refractivity contribution in [3.05, 3.63) is 0 Å². The maximum atomic E-state index is 5.75. The van der Waals surface area contributed by atoms with E-state index in [0.29, 0.717) is 10.8 Å². The van der Waals surface area contributed by atoms with E-state index in [4.69, 9.17) is 11.5 Å². The molecule has 0 saturated heterocycles. The fourth-order valence-electron chi connectivity index (χ4n) is 2.72. The molecule has 0 atom stereocenters. The van der Waals surface area contributed by atoms with E-state index < -0.39 is 0 Å². The minimum atomic E-state index is 0.340. The van der Waals surface area contributed by atoms with Gasteiger partial charge in [0.1, 0.15) is 0 Å². The number of nitrogens with two attached hydrogens (primary N) is 2. The van der Waals surface area contributed by atoms with Gasteiger partial charge in [-0.15, -0.1) is 0 Å². The molecule has 0 radical (unpaired) electrons. The van der Waals surface area contributed by atoms with Crippen LogP contribution in [0.15, 0.2) is 0 Å². The molecule has 0 aromatic carbocycles. The molecule has 0 aromatic heterocycles. The minimum Gasteiger partial charge on any atom is -0.330 e. The molecule has 0 spiro atoms. The quantitative estimate of drug-likeness (QED) is 0.475. The highest BCUT2D eigenvalue weighted by atomic mass is 14.6. The van der Waals surface area contributed by atoms with E-state index >= 15 is 0 Å². The third-order valence-corrected chi connectivity index (χ3v) is 4.57. The maximum absolute atomic E-state index is 5.75. The summed E-state index contributed by atoms with van der Waals surface area (Å²) >= 11 is 0. The number of unbranched alkanes of at least 4 members (excludes halogenated alkanes) is 5. The van der Waals surface area contributed by atoms with Crippen molar-refractivity contribution in [1.29, 1.82) is 0 Å². The van der Waals surface area contributed by atoms with Crippen LogP contribution in [0.1, 0.15) is 91.9 Å². The normalized spacial score (nSPS) is 12.9. The molecule has 2 heteroatoms. The van der Waals surface area contributed by atoms with E-state index in [1.165, 1.54) is 64.2 Å². The Morgan fingerprint density at radius 1 is 0.550 bits per heavy atom. The predicted octanol–water partition coefficient (Wildman–Crippen LogP) is 4.86. The molecule has 20 heavy (non-hydrogen) atoms. The summed E-state index contributed by atoms with van der Waals surface area (Å²) in [6, 6.07) is 0. The van der Waals surface area contributed by atoms with Gasteiger partial charge < -0.3 is 11.5 Å². The van der Waals surface area contributed by atoms with Crippen molar-refractivity contribution in [2.24, 2.45) is 22.3 Å². The van der Waals surface area contributed by atoms with Gasteiger partial charge in [-0.05, 0) is 49.6 Å². The lowest BCUT2D eigenvalue weighted by molar-refractivity contribution is 0.287. The van der Waals surface area contributed by atoms with Crippen molar-refractivity contribution < 1.29 is 0 Å². The molecule has 0 heterocycles. The van der Waals surface area contributed by atoms with Crippen molar-refractivity contribution in [3.8, 4) is 0 Å². The lowest BCUT2D eigenvalue weighted by atomic mass is 9.82. The van der Waals surface area contributed by atoms with E-state index in [0.717, 1.165) is 13.1 Å². The van der Waals surface area contributed by atoms with E-state index in [1.807, 2.05) is 0 Å². The third kappa shape index (κ3) is 11.7. The van der Waals surface area contributed by atoms with Crippen LogP contribution >= 0.6 is 0 Å². The lowest BCUT2D eigenvalue weighted by Gasteiger charge is -2.24. The van der Waals surface area contributed by atoms with Crippen LogP contribution in [0.4, 0.5) is 0 Å². The number of rotatable bonds is 13. The summed E-state index contributed by atoms with van der Waals surface area (Å²) in [5.74, 6) is 0. The zero-order chi connectivity index (χ0) is 15.5. The Bertz CT molecular complexity index is 221. The molecule has 122 valence electrons. The van der Waals surface area contributed by atoms with Crippen LogP contribution in [-0.2, 0) is 0 Å². The van der Waals surface area contributed by atoms with Crippen LogP contribution in [0, 0.1) is 10.8 Å². The SMILES string of the molecule is CC(C)(CN)CCCCCCCCC(C)(C)CCCN. The molecule has 0 aliphatic heterocycles. The molecular weight excluding hydrogens is 244 g/mol. The number of hydrogen-bond acceptors (Lipinski definition) is 2. The predicted molar refractivity (Wildman–Crippen MR) is 91.8 cm³/mol. The molecule has 0 unspecified atom stereocenters. The van der Waals surface area contributed by atoms with Gasteiger partial charge in [-0.1, -0.05) is 66.2 Å². The summed E-state index contributed by atoms with van der Waals surface area (Å²) in [5.41, 5.74) is 12.2.